The van der Waals surface area contributed by atoms with Crippen LogP contribution in [0.1, 0.15) is 5.76 Å². The van der Waals surface area contributed by atoms with Gasteiger partial charge in [-0.2, -0.15) is 13.2 Å². The average molecular weight is 239 g/mol. The second-order valence-electron chi connectivity index (χ2n) is 2.87. The second-order valence-corrected chi connectivity index (χ2v) is 4.03. The molecule has 0 aliphatic rings. The number of halogens is 3. The summed E-state index contributed by atoms with van der Waals surface area (Å²) in [6.45, 7) is 0.983. The molecule has 1 aromatic heterocycles. The fraction of sp³-hybridized carbons (Fsp3) is 0.556. The van der Waals surface area contributed by atoms with Gasteiger partial charge in [0.05, 0.1) is 6.26 Å². The quantitative estimate of drug-likeness (QED) is 0.773. The third-order valence-electron chi connectivity index (χ3n) is 1.67. The van der Waals surface area contributed by atoms with E-state index in [1.165, 1.54) is 0 Å². The van der Waals surface area contributed by atoms with Crippen molar-refractivity contribution >= 4 is 11.8 Å². The Hall–Kier alpha value is -0.620. The highest BCUT2D eigenvalue weighted by Gasteiger charge is 2.27. The highest BCUT2D eigenvalue weighted by atomic mass is 32.2. The maximum atomic E-state index is 11.7. The molecule has 0 unspecified atom stereocenters. The van der Waals surface area contributed by atoms with E-state index >= 15 is 0 Å². The fourth-order valence-corrected chi connectivity index (χ4v) is 1.51. The van der Waals surface area contributed by atoms with Gasteiger partial charge in [-0.25, -0.2) is 0 Å². The Morgan fingerprint density at radius 1 is 1.33 bits per heavy atom. The van der Waals surface area contributed by atoms with Crippen LogP contribution in [-0.4, -0.2) is 24.4 Å². The van der Waals surface area contributed by atoms with Crippen LogP contribution in [0.25, 0.3) is 0 Å². The number of thioether (sulfide) groups is 1. The highest BCUT2D eigenvalue weighted by molar-refractivity contribution is 8.00. The molecule has 0 aliphatic heterocycles. The molecule has 0 saturated carbocycles. The maximum absolute atomic E-state index is 11.7. The van der Waals surface area contributed by atoms with Crippen LogP contribution in [0.4, 0.5) is 13.2 Å². The van der Waals surface area contributed by atoms with E-state index in [0.29, 0.717) is 19.5 Å². The first kappa shape index (κ1) is 12.4. The first-order valence-electron chi connectivity index (χ1n) is 4.52. The average Bonchev–Trinajstić information content (AvgIpc) is 2.61. The van der Waals surface area contributed by atoms with E-state index in [0.717, 1.165) is 5.76 Å². The fourth-order valence-electron chi connectivity index (χ4n) is 1.03. The molecular formula is C9H12F3NOS. The number of nitrogens with one attached hydrogen (secondary N) is 1. The van der Waals surface area contributed by atoms with Crippen molar-refractivity contribution in [1.29, 1.82) is 0 Å². The Morgan fingerprint density at radius 3 is 2.73 bits per heavy atom. The Morgan fingerprint density at radius 2 is 2.13 bits per heavy atom. The zero-order valence-corrected chi connectivity index (χ0v) is 8.83. The minimum absolute atomic E-state index is 0.00445. The molecule has 0 saturated heterocycles. The van der Waals surface area contributed by atoms with Crippen molar-refractivity contribution in [3.8, 4) is 0 Å². The lowest BCUT2D eigenvalue weighted by Crippen LogP contribution is -2.21. The van der Waals surface area contributed by atoms with Gasteiger partial charge in [-0.15, -0.1) is 0 Å². The summed E-state index contributed by atoms with van der Waals surface area (Å²) in [5.41, 5.74) is -4.12. The first-order valence-corrected chi connectivity index (χ1v) is 5.50. The Balaban J connectivity index is 1.94. The topological polar surface area (TPSA) is 25.2 Å². The van der Waals surface area contributed by atoms with Crippen molar-refractivity contribution in [2.45, 2.75) is 11.9 Å². The van der Waals surface area contributed by atoms with Gasteiger partial charge >= 0.3 is 5.51 Å². The van der Waals surface area contributed by atoms with Gasteiger partial charge in [-0.3, -0.25) is 0 Å². The van der Waals surface area contributed by atoms with Crippen LogP contribution in [-0.2, 0) is 6.42 Å². The summed E-state index contributed by atoms with van der Waals surface area (Å²) in [6.07, 6.45) is 2.28. The van der Waals surface area contributed by atoms with Crippen LogP contribution >= 0.6 is 11.8 Å². The standard InChI is InChI=1S/C9H12F3NOS/c10-9(11,12)15-7-5-13-4-3-8-2-1-6-14-8/h1-2,6,13H,3-5,7H2. The van der Waals surface area contributed by atoms with Crippen LogP contribution in [0.2, 0.25) is 0 Å². The Kier molecular flexibility index (Phi) is 5.04. The molecule has 1 heterocycles. The lowest BCUT2D eigenvalue weighted by atomic mass is 10.3. The summed E-state index contributed by atoms with van der Waals surface area (Å²) in [6, 6.07) is 3.63. The minimum Gasteiger partial charge on any atom is -0.469 e. The molecule has 0 bridgehead atoms. The smallest absolute Gasteiger partial charge is 0.441 e. The number of hydrogen-bond donors (Lipinski definition) is 1. The third-order valence-corrected chi connectivity index (χ3v) is 2.41. The second kappa shape index (κ2) is 6.07. The predicted molar refractivity (Wildman–Crippen MR) is 53.8 cm³/mol. The van der Waals surface area contributed by atoms with Gasteiger partial charge < -0.3 is 9.73 Å². The molecular weight excluding hydrogens is 227 g/mol. The Bertz CT molecular complexity index is 261. The number of furan rings is 1. The van der Waals surface area contributed by atoms with Crippen molar-refractivity contribution in [2.75, 3.05) is 18.8 Å². The number of rotatable bonds is 6. The monoisotopic (exact) mass is 239 g/mol. The van der Waals surface area contributed by atoms with Gasteiger partial charge in [0, 0.05) is 25.3 Å². The SMILES string of the molecule is FC(F)(F)SCCNCCc1ccco1. The summed E-state index contributed by atoms with van der Waals surface area (Å²) >= 11 is -0.00445. The molecule has 86 valence electrons. The molecule has 0 aromatic carbocycles. The van der Waals surface area contributed by atoms with Crippen molar-refractivity contribution in [1.82, 2.24) is 5.32 Å². The van der Waals surface area contributed by atoms with E-state index in [1.807, 2.05) is 6.07 Å². The van der Waals surface area contributed by atoms with Gasteiger partial charge in [0.2, 0.25) is 0 Å². The van der Waals surface area contributed by atoms with E-state index in [1.54, 1.807) is 12.3 Å². The molecule has 0 fully saturated rings. The molecule has 0 radical (unpaired) electrons. The normalized spacial score (nSPS) is 11.9. The largest absolute Gasteiger partial charge is 0.469 e. The van der Waals surface area contributed by atoms with E-state index in [2.05, 4.69) is 5.32 Å². The van der Waals surface area contributed by atoms with Crippen LogP contribution in [0.5, 0.6) is 0 Å². The van der Waals surface area contributed by atoms with E-state index in [-0.39, 0.29) is 17.5 Å². The third kappa shape index (κ3) is 6.46. The molecule has 0 atom stereocenters. The molecule has 1 aromatic rings. The molecule has 2 nitrogen and oxygen atoms in total. The summed E-state index contributed by atoms with van der Waals surface area (Å²) in [7, 11) is 0. The molecule has 0 spiro atoms. The van der Waals surface area contributed by atoms with Gasteiger partial charge in [-0.1, -0.05) is 0 Å². The van der Waals surface area contributed by atoms with Gasteiger partial charge in [0.1, 0.15) is 5.76 Å². The van der Waals surface area contributed by atoms with Crippen LogP contribution in [0.3, 0.4) is 0 Å². The summed E-state index contributed by atoms with van der Waals surface area (Å²) in [5, 5.41) is 2.92. The van der Waals surface area contributed by atoms with E-state index in [4.69, 9.17) is 4.42 Å². The van der Waals surface area contributed by atoms with Gasteiger partial charge in [0.25, 0.3) is 0 Å². The molecule has 1 N–H and O–H groups in total. The van der Waals surface area contributed by atoms with Gasteiger partial charge in [0.15, 0.2) is 0 Å². The van der Waals surface area contributed by atoms with Crippen LogP contribution in [0, 0.1) is 0 Å². The van der Waals surface area contributed by atoms with Crippen molar-refractivity contribution in [3.63, 3.8) is 0 Å². The lowest BCUT2D eigenvalue weighted by molar-refractivity contribution is -0.0327. The van der Waals surface area contributed by atoms with Gasteiger partial charge in [-0.05, 0) is 23.9 Å². The van der Waals surface area contributed by atoms with Crippen molar-refractivity contribution < 1.29 is 17.6 Å². The molecule has 15 heavy (non-hydrogen) atoms. The zero-order valence-electron chi connectivity index (χ0n) is 8.01. The Labute approximate surface area is 90.2 Å². The first-order chi connectivity index (χ1) is 7.08. The maximum Gasteiger partial charge on any atom is 0.441 e. The molecule has 0 aliphatic carbocycles. The van der Waals surface area contributed by atoms with Crippen LogP contribution < -0.4 is 5.32 Å². The van der Waals surface area contributed by atoms with Crippen molar-refractivity contribution in [2.24, 2.45) is 0 Å². The van der Waals surface area contributed by atoms with Crippen LogP contribution in [0.15, 0.2) is 22.8 Å². The zero-order chi connectivity index (χ0) is 11.1. The highest BCUT2D eigenvalue weighted by Crippen LogP contribution is 2.29. The molecule has 6 heteroatoms. The number of hydrogen-bond acceptors (Lipinski definition) is 3. The lowest BCUT2D eigenvalue weighted by Gasteiger charge is -2.05. The predicted octanol–water partition coefficient (Wildman–Crippen LogP) is 2.66. The molecule has 0 amide bonds. The number of alkyl halides is 3. The summed E-state index contributed by atoms with van der Waals surface area (Å²) in [5.74, 6) is 0.882. The minimum atomic E-state index is -4.12. The summed E-state index contributed by atoms with van der Waals surface area (Å²) in [4.78, 5) is 0. The van der Waals surface area contributed by atoms with Crippen molar-refractivity contribution in [3.05, 3.63) is 24.2 Å². The summed E-state index contributed by atoms with van der Waals surface area (Å²) < 4.78 is 40.2. The van der Waals surface area contributed by atoms with E-state index in [9.17, 15) is 13.2 Å². The molecule has 1 rings (SSSR count). The van der Waals surface area contributed by atoms with E-state index < -0.39 is 5.51 Å².